The Hall–Kier alpha value is -4.97. The van der Waals surface area contributed by atoms with E-state index >= 15 is 0 Å². The van der Waals surface area contributed by atoms with Crippen LogP contribution in [0.25, 0.3) is 0 Å². The minimum atomic E-state index is -4.59. The van der Waals surface area contributed by atoms with E-state index in [1.807, 2.05) is 0 Å². The Balaban J connectivity index is 1.38. The van der Waals surface area contributed by atoms with Crippen LogP contribution in [0.4, 0.5) is 18.9 Å². The van der Waals surface area contributed by atoms with Crippen LogP contribution in [0.2, 0.25) is 0 Å². The second kappa shape index (κ2) is 13.1. The SMILES string of the molecule is COc1cc(C=NNC(=O)c2cccc(NC(=O)c3cccc(C(F)(F)F)c3)c2)ccc1OC(=O)c1ccc(Br)cc1. The van der Waals surface area contributed by atoms with Crippen LogP contribution < -0.4 is 20.2 Å². The van der Waals surface area contributed by atoms with Gasteiger partial charge in [0, 0.05) is 21.3 Å². The summed E-state index contributed by atoms with van der Waals surface area (Å²) in [5.74, 6) is -1.48. The molecule has 4 aromatic carbocycles. The zero-order valence-corrected chi connectivity index (χ0v) is 23.3. The quantitative estimate of drug-likeness (QED) is 0.0964. The maximum atomic E-state index is 13.0. The number of amides is 2. The summed E-state index contributed by atoms with van der Waals surface area (Å²) < 4.78 is 50.5. The Labute approximate surface area is 246 Å². The van der Waals surface area contributed by atoms with Gasteiger partial charge in [0.05, 0.1) is 24.5 Å². The first-order chi connectivity index (χ1) is 20.0. The first-order valence-electron chi connectivity index (χ1n) is 12.1. The summed E-state index contributed by atoms with van der Waals surface area (Å²) in [6.45, 7) is 0. The number of halogens is 4. The minimum absolute atomic E-state index is 0.141. The van der Waals surface area contributed by atoms with E-state index in [4.69, 9.17) is 9.47 Å². The van der Waals surface area contributed by atoms with Crippen molar-refractivity contribution in [3.05, 3.63) is 123 Å². The van der Waals surface area contributed by atoms with Gasteiger partial charge in [0.1, 0.15) is 0 Å². The predicted molar refractivity (Wildman–Crippen MR) is 153 cm³/mol. The van der Waals surface area contributed by atoms with Gasteiger partial charge in [-0.05, 0) is 84.4 Å². The van der Waals surface area contributed by atoms with E-state index in [0.29, 0.717) is 11.1 Å². The van der Waals surface area contributed by atoms with Crippen molar-refractivity contribution in [2.75, 3.05) is 12.4 Å². The fourth-order valence-electron chi connectivity index (χ4n) is 3.60. The molecule has 0 heterocycles. The molecule has 0 unspecified atom stereocenters. The van der Waals surface area contributed by atoms with Gasteiger partial charge in [0.15, 0.2) is 11.5 Å². The molecule has 0 saturated heterocycles. The van der Waals surface area contributed by atoms with Crippen molar-refractivity contribution in [1.82, 2.24) is 5.43 Å². The number of carbonyl (C=O) groups is 3. The molecule has 214 valence electrons. The third-order valence-electron chi connectivity index (χ3n) is 5.68. The van der Waals surface area contributed by atoms with E-state index in [0.717, 1.165) is 22.7 Å². The van der Waals surface area contributed by atoms with Crippen molar-refractivity contribution in [3.8, 4) is 11.5 Å². The second-order valence-electron chi connectivity index (χ2n) is 8.62. The number of hydrogen-bond acceptors (Lipinski definition) is 6. The molecular weight excluding hydrogens is 619 g/mol. The number of esters is 1. The van der Waals surface area contributed by atoms with Crippen LogP contribution >= 0.6 is 15.9 Å². The Morgan fingerprint density at radius 1 is 0.810 bits per heavy atom. The highest BCUT2D eigenvalue weighted by atomic mass is 79.9. The highest BCUT2D eigenvalue weighted by molar-refractivity contribution is 9.10. The van der Waals surface area contributed by atoms with Gasteiger partial charge in [0.2, 0.25) is 0 Å². The van der Waals surface area contributed by atoms with Gasteiger partial charge in [0.25, 0.3) is 11.8 Å². The molecule has 0 saturated carbocycles. The standard InChI is InChI=1S/C30H21BrF3N3O5/c1-41-26-14-18(8-13-25(26)42-29(40)19-9-11-23(31)12-10-19)17-35-37-28(39)21-5-3-7-24(16-21)36-27(38)20-4-2-6-22(15-20)30(32,33)34/h2-17H,1H3,(H,36,38)(H,37,39). The van der Waals surface area contributed by atoms with Crippen LogP contribution in [0.5, 0.6) is 11.5 Å². The Morgan fingerprint density at radius 2 is 1.50 bits per heavy atom. The number of alkyl halides is 3. The topological polar surface area (TPSA) is 106 Å². The fourth-order valence-corrected chi connectivity index (χ4v) is 3.87. The fraction of sp³-hybridized carbons (Fsp3) is 0.0667. The largest absolute Gasteiger partial charge is 0.493 e. The highest BCUT2D eigenvalue weighted by Gasteiger charge is 2.31. The van der Waals surface area contributed by atoms with E-state index in [9.17, 15) is 27.6 Å². The van der Waals surface area contributed by atoms with Crippen LogP contribution in [-0.2, 0) is 6.18 Å². The summed E-state index contributed by atoms with van der Waals surface area (Å²) in [6.07, 6.45) is -3.24. The summed E-state index contributed by atoms with van der Waals surface area (Å²) in [6, 6.07) is 21.2. The number of nitrogens with zero attached hydrogens (tertiary/aromatic N) is 1. The molecule has 0 bridgehead atoms. The molecule has 8 nitrogen and oxygen atoms in total. The van der Waals surface area contributed by atoms with Crippen LogP contribution in [-0.4, -0.2) is 31.1 Å². The van der Waals surface area contributed by atoms with Crippen molar-refractivity contribution in [3.63, 3.8) is 0 Å². The van der Waals surface area contributed by atoms with Crippen molar-refractivity contribution >= 4 is 45.6 Å². The van der Waals surface area contributed by atoms with Crippen molar-refractivity contribution in [2.24, 2.45) is 5.10 Å². The lowest BCUT2D eigenvalue weighted by Gasteiger charge is -2.10. The number of benzene rings is 4. The summed E-state index contributed by atoms with van der Waals surface area (Å²) >= 11 is 3.31. The molecule has 0 fully saturated rings. The first-order valence-corrected chi connectivity index (χ1v) is 12.9. The molecule has 0 aliphatic rings. The third kappa shape index (κ3) is 7.82. The molecule has 0 radical (unpaired) electrons. The van der Waals surface area contributed by atoms with E-state index in [-0.39, 0.29) is 28.3 Å². The maximum Gasteiger partial charge on any atom is 0.416 e. The number of hydrogen-bond donors (Lipinski definition) is 2. The van der Waals surface area contributed by atoms with E-state index < -0.39 is 29.5 Å². The zero-order chi connectivity index (χ0) is 30.3. The molecule has 4 rings (SSSR count). The van der Waals surface area contributed by atoms with Crippen LogP contribution in [0.15, 0.2) is 101 Å². The Morgan fingerprint density at radius 3 is 2.19 bits per heavy atom. The lowest BCUT2D eigenvalue weighted by molar-refractivity contribution is -0.137. The maximum absolute atomic E-state index is 13.0. The summed E-state index contributed by atoms with van der Waals surface area (Å²) in [4.78, 5) is 37.5. The number of ether oxygens (including phenoxy) is 2. The van der Waals surface area contributed by atoms with Crippen LogP contribution in [0.3, 0.4) is 0 Å². The average molecular weight is 640 g/mol. The Bertz CT molecular complexity index is 1660. The molecule has 0 spiro atoms. The van der Waals surface area contributed by atoms with Crippen molar-refractivity contribution in [1.29, 1.82) is 0 Å². The molecule has 0 atom stereocenters. The van der Waals surface area contributed by atoms with Gasteiger partial charge < -0.3 is 14.8 Å². The number of hydrazone groups is 1. The molecule has 12 heteroatoms. The van der Waals surface area contributed by atoms with Gasteiger partial charge in [-0.1, -0.05) is 28.1 Å². The minimum Gasteiger partial charge on any atom is -0.493 e. The third-order valence-corrected chi connectivity index (χ3v) is 6.21. The van der Waals surface area contributed by atoms with E-state index in [1.54, 1.807) is 36.4 Å². The van der Waals surface area contributed by atoms with Crippen molar-refractivity contribution < 1.29 is 37.0 Å². The van der Waals surface area contributed by atoms with Gasteiger partial charge in [-0.15, -0.1) is 0 Å². The summed E-state index contributed by atoms with van der Waals surface area (Å²) in [7, 11) is 1.41. The molecule has 42 heavy (non-hydrogen) atoms. The lowest BCUT2D eigenvalue weighted by atomic mass is 10.1. The first kappa shape index (κ1) is 30.0. The monoisotopic (exact) mass is 639 g/mol. The van der Waals surface area contributed by atoms with Gasteiger partial charge in [-0.2, -0.15) is 18.3 Å². The molecular formula is C30H21BrF3N3O5. The summed E-state index contributed by atoms with van der Waals surface area (Å²) in [5, 5.41) is 6.41. The van der Waals surface area contributed by atoms with Gasteiger partial charge in [-0.25, -0.2) is 10.2 Å². The predicted octanol–water partition coefficient (Wildman–Crippen LogP) is 6.71. The molecule has 0 aliphatic carbocycles. The van der Waals surface area contributed by atoms with Gasteiger partial charge in [-0.3, -0.25) is 9.59 Å². The molecule has 0 aromatic heterocycles. The number of rotatable bonds is 8. The lowest BCUT2D eigenvalue weighted by Crippen LogP contribution is -2.18. The molecule has 2 amide bonds. The van der Waals surface area contributed by atoms with Crippen LogP contribution in [0, 0.1) is 0 Å². The van der Waals surface area contributed by atoms with E-state index in [2.05, 4.69) is 31.8 Å². The molecule has 2 N–H and O–H groups in total. The van der Waals surface area contributed by atoms with Crippen LogP contribution in [0.1, 0.15) is 42.2 Å². The number of methoxy groups -OCH3 is 1. The normalized spacial score (nSPS) is 11.2. The smallest absolute Gasteiger partial charge is 0.416 e. The Kier molecular flexibility index (Phi) is 9.38. The highest BCUT2D eigenvalue weighted by Crippen LogP contribution is 2.30. The number of carbonyl (C=O) groups excluding carboxylic acids is 3. The molecule has 0 aliphatic heterocycles. The zero-order valence-electron chi connectivity index (χ0n) is 21.7. The molecule has 4 aromatic rings. The van der Waals surface area contributed by atoms with Gasteiger partial charge >= 0.3 is 12.1 Å². The summed E-state index contributed by atoms with van der Waals surface area (Å²) in [5.41, 5.74) is 2.44. The van der Waals surface area contributed by atoms with E-state index in [1.165, 1.54) is 49.7 Å². The average Bonchev–Trinajstić information content (AvgIpc) is 2.97. The number of anilines is 1. The van der Waals surface area contributed by atoms with Crippen molar-refractivity contribution in [2.45, 2.75) is 6.18 Å². The number of nitrogens with one attached hydrogen (secondary N) is 2. The second-order valence-corrected chi connectivity index (χ2v) is 9.54.